The van der Waals surface area contributed by atoms with E-state index in [1.807, 2.05) is 48.5 Å². The number of benzene rings is 2. The SMILES string of the molecule is COc1cccc(C2OC(=S)Nc3ccccc32)c1. The number of anilines is 1. The van der Waals surface area contributed by atoms with Gasteiger partial charge in [0, 0.05) is 16.8 Å². The van der Waals surface area contributed by atoms with Gasteiger partial charge in [-0.3, -0.25) is 0 Å². The molecule has 3 rings (SSSR count). The minimum Gasteiger partial charge on any atom is -0.497 e. The molecule has 0 aliphatic carbocycles. The largest absolute Gasteiger partial charge is 0.497 e. The molecule has 0 spiro atoms. The van der Waals surface area contributed by atoms with Gasteiger partial charge in [0.05, 0.1) is 7.11 Å². The third-order valence-electron chi connectivity index (χ3n) is 3.10. The van der Waals surface area contributed by atoms with Gasteiger partial charge in [0.25, 0.3) is 5.17 Å². The van der Waals surface area contributed by atoms with E-state index in [9.17, 15) is 0 Å². The molecular weight excluding hydrogens is 258 g/mol. The van der Waals surface area contributed by atoms with Crippen LogP contribution < -0.4 is 10.1 Å². The molecule has 0 radical (unpaired) electrons. The maximum atomic E-state index is 5.76. The lowest BCUT2D eigenvalue weighted by atomic mass is 9.98. The van der Waals surface area contributed by atoms with Gasteiger partial charge in [0.2, 0.25) is 0 Å². The van der Waals surface area contributed by atoms with Gasteiger partial charge in [0.15, 0.2) is 6.10 Å². The molecule has 1 aliphatic rings. The van der Waals surface area contributed by atoms with E-state index in [0.29, 0.717) is 5.17 Å². The maximum absolute atomic E-state index is 5.76. The molecule has 0 saturated heterocycles. The van der Waals surface area contributed by atoms with E-state index in [4.69, 9.17) is 21.7 Å². The lowest BCUT2D eigenvalue weighted by Gasteiger charge is -2.28. The normalized spacial score (nSPS) is 17.1. The molecule has 0 aromatic heterocycles. The van der Waals surface area contributed by atoms with Crippen molar-refractivity contribution in [2.45, 2.75) is 6.10 Å². The van der Waals surface area contributed by atoms with Crippen molar-refractivity contribution in [3.63, 3.8) is 0 Å². The van der Waals surface area contributed by atoms with Crippen molar-refractivity contribution in [1.29, 1.82) is 0 Å². The van der Waals surface area contributed by atoms with Gasteiger partial charge in [-0.1, -0.05) is 30.3 Å². The fourth-order valence-corrected chi connectivity index (χ4v) is 2.41. The molecule has 2 aromatic carbocycles. The minimum absolute atomic E-state index is 0.194. The van der Waals surface area contributed by atoms with Gasteiger partial charge in [0.1, 0.15) is 5.75 Å². The number of para-hydroxylation sites is 1. The summed E-state index contributed by atoms with van der Waals surface area (Å²) in [7, 11) is 1.65. The Bertz CT molecular complexity index is 627. The highest BCUT2D eigenvalue weighted by Gasteiger charge is 2.25. The first-order valence-corrected chi connectivity index (χ1v) is 6.39. The molecule has 1 aliphatic heterocycles. The molecule has 0 fully saturated rings. The van der Waals surface area contributed by atoms with Gasteiger partial charge in [-0.25, -0.2) is 0 Å². The van der Waals surface area contributed by atoms with Gasteiger partial charge in [-0.05, 0) is 30.4 Å². The summed E-state index contributed by atoms with van der Waals surface area (Å²) in [6, 6.07) is 15.8. The number of ether oxygens (including phenoxy) is 2. The van der Waals surface area contributed by atoms with E-state index in [1.54, 1.807) is 7.11 Å². The Morgan fingerprint density at radius 3 is 2.84 bits per heavy atom. The van der Waals surface area contributed by atoms with E-state index in [-0.39, 0.29) is 6.10 Å². The van der Waals surface area contributed by atoms with Crippen molar-refractivity contribution in [2.75, 3.05) is 12.4 Å². The van der Waals surface area contributed by atoms with Crippen LogP contribution in [0.25, 0.3) is 0 Å². The number of methoxy groups -OCH3 is 1. The summed E-state index contributed by atoms with van der Waals surface area (Å²) in [6.07, 6.45) is -0.194. The van der Waals surface area contributed by atoms with Gasteiger partial charge >= 0.3 is 0 Å². The van der Waals surface area contributed by atoms with E-state index in [0.717, 1.165) is 22.6 Å². The summed E-state index contributed by atoms with van der Waals surface area (Å²) in [5.41, 5.74) is 3.09. The average Bonchev–Trinajstić information content (AvgIpc) is 2.46. The van der Waals surface area contributed by atoms with Crippen LogP contribution in [0.5, 0.6) is 5.75 Å². The molecule has 4 heteroatoms. The van der Waals surface area contributed by atoms with Crippen LogP contribution in [-0.4, -0.2) is 12.3 Å². The van der Waals surface area contributed by atoms with Crippen molar-refractivity contribution < 1.29 is 9.47 Å². The quantitative estimate of drug-likeness (QED) is 0.847. The smallest absolute Gasteiger partial charge is 0.262 e. The standard InChI is InChI=1S/C15H13NO2S/c1-17-11-6-4-5-10(9-11)14-12-7-2-3-8-13(12)16-15(19)18-14/h2-9,14H,1H3,(H,16,19). The predicted molar refractivity (Wildman–Crippen MR) is 78.6 cm³/mol. The highest BCUT2D eigenvalue weighted by Crippen LogP contribution is 2.36. The van der Waals surface area contributed by atoms with E-state index in [2.05, 4.69) is 5.32 Å². The molecule has 0 saturated carbocycles. The highest BCUT2D eigenvalue weighted by atomic mass is 32.1. The van der Waals surface area contributed by atoms with Gasteiger partial charge < -0.3 is 14.8 Å². The summed E-state index contributed by atoms with van der Waals surface area (Å²) in [5.74, 6) is 0.808. The van der Waals surface area contributed by atoms with Gasteiger partial charge in [-0.15, -0.1) is 0 Å². The second-order valence-corrected chi connectivity index (χ2v) is 4.65. The van der Waals surface area contributed by atoms with Crippen molar-refractivity contribution in [3.8, 4) is 5.75 Å². The summed E-state index contributed by atoms with van der Waals surface area (Å²) >= 11 is 5.16. The average molecular weight is 271 g/mol. The third kappa shape index (κ3) is 2.27. The zero-order valence-electron chi connectivity index (χ0n) is 10.4. The Labute approximate surface area is 117 Å². The van der Waals surface area contributed by atoms with E-state index >= 15 is 0 Å². The van der Waals surface area contributed by atoms with Crippen LogP contribution in [0.15, 0.2) is 48.5 Å². The van der Waals surface area contributed by atoms with Crippen molar-refractivity contribution >= 4 is 23.1 Å². The van der Waals surface area contributed by atoms with Crippen LogP contribution in [0.2, 0.25) is 0 Å². The van der Waals surface area contributed by atoms with Crippen molar-refractivity contribution in [1.82, 2.24) is 0 Å². The Morgan fingerprint density at radius 1 is 1.16 bits per heavy atom. The fourth-order valence-electron chi connectivity index (χ4n) is 2.20. The topological polar surface area (TPSA) is 30.5 Å². The molecule has 19 heavy (non-hydrogen) atoms. The summed E-state index contributed by atoms with van der Waals surface area (Å²) < 4.78 is 11.0. The molecule has 0 amide bonds. The summed E-state index contributed by atoms with van der Waals surface area (Å²) in [6.45, 7) is 0. The molecule has 1 N–H and O–H groups in total. The number of fused-ring (bicyclic) bond motifs is 1. The minimum atomic E-state index is -0.194. The Hall–Kier alpha value is -2.07. The van der Waals surface area contributed by atoms with Crippen LogP contribution in [0.4, 0.5) is 5.69 Å². The Balaban J connectivity index is 2.07. The molecule has 96 valence electrons. The Kier molecular flexibility index (Phi) is 3.09. The van der Waals surface area contributed by atoms with Crippen LogP contribution in [0.1, 0.15) is 17.2 Å². The first kappa shape index (κ1) is 12.0. The highest BCUT2D eigenvalue weighted by molar-refractivity contribution is 7.80. The van der Waals surface area contributed by atoms with Crippen LogP contribution in [0.3, 0.4) is 0 Å². The number of nitrogens with one attached hydrogen (secondary N) is 1. The van der Waals surface area contributed by atoms with E-state index < -0.39 is 0 Å². The third-order valence-corrected chi connectivity index (χ3v) is 3.30. The number of hydrogen-bond acceptors (Lipinski definition) is 3. The molecule has 1 heterocycles. The predicted octanol–water partition coefficient (Wildman–Crippen LogP) is 3.51. The lowest BCUT2D eigenvalue weighted by molar-refractivity contribution is 0.234. The number of rotatable bonds is 2. The van der Waals surface area contributed by atoms with E-state index in [1.165, 1.54) is 0 Å². The summed E-state index contributed by atoms with van der Waals surface area (Å²) in [5, 5.41) is 3.46. The van der Waals surface area contributed by atoms with Crippen LogP contribution in [-0.2, 0) is 4.74 Å². The van der Waals surface area contributed by atoms with Crippen LogP contribution in [0, 0.1) is 0 Å². The molecular formula is C15H13NO2S. The molecule has 1 unspecified atom stereocenters. The second kappa shape index (κ2) is 4.90. The zero-order chi connectivity index (χ0) is 13.2. The Morgan fingerprint density at radius 2 is 2.00 bits per heavy atom. The first-order valence-electron chi connectivity index (χ1n) is 5.98. The molecule has 0 bridgehead atoms. The van der Waals surface area contributed by atoms with Gasteiger partial charge in [-0.2, -0.15) is 0 Å². The molecule has 2 aromatic rings. The monoisotopic (exact) mass is 271 g/mol. The van der Waals surface area contributed by atoms with Crippen molar-refractivity contribution in [2.24, 2.45) is 0 Å². The lowest BCUT2D eigenvalue weighted by Crippen LogP contribution is -2.24. The molecule has 3 nitrogen and oxygen atoms in total. The molecule has 1 atom stereocenters. The van der Waals surface area contributed by atoms with Crippen molar-refractivity contribution in [3.05, 3.63) is 59.7 Å². The zero-order valence-corrected chi connectivity index (χ0v) is 11.2. The van der Waals surface area contributed by atoms with Crippen LogP contribution >= 0.6 is 12.2 Å². The fraction of sp³-hybridized carbons (Fsp3) is 0.133. The summed E-state index contributed by atoms with van der Waals surface area (Å²) in [4.78, 5) is 0. The second-order valence-electron chi connectivity index (χ2n) is 4.27. The maximum Gasteiger partial charge on any atom is 0.262 e. The number of thiocarbonyl (C=S) groups is 1. The first-order chi connectivity index (χ1) is 9.28. The number of hydrogen-bond donors (Lipinski definition) is 1.